The molecule has 0 aromatic carbocycles. The van der Waals surface area contributed by atoms with Gasteiger partial charge in [0, 0.05) is 31.6 Å². The Kier molecular flexibility index (Phi) is 5.20. The molecule has 21 heavy (non-hydrogen) atoms. The molecule has 0 radical (unpaired) electrons. The van der Waals surface area contributed by atoms with Crippen LogP contribution >= 0.6 is 0 Å². The summed E-state index contributed by atoms with van der Waals surface area (Å²) in [7, 11) is 2.18. The second-order valence-corrected chi connectivity index (χ2v) is 6.94. The van der Waals surface area contributed by atoms with Crippen LogP contribution in [0.15, 0.2) is 6.20 Å². The fourth-order valence-corrected chi connectivity index (χ4v) is 2.54. The van der Waals surface area contributed by atoms with Crippen molar-refractivity contribution in [2.24, 2.45) is 5.92 Å². The summed E-state index contributed by atoms with van der Waals surface area (Å²) in [5.74, 6) is 2.14. The highest BCUT2D eigenvalue weighted by Gasteiger charge is 2.31. The van der Waals surface area contributed by atoms with E-state index in [0.29, 0.717) is 18.0 Å². The molecule has 2 rings (SSSR count). The van der Waals surface area contributed by atoms with Crippen molar-refractivity contribution >= 4 is 5.69 Å². The third-order valence-electron chi connectivity index (χ3n) is 4.35. The number of nitrogens with zero attached hydrogens (tertiary/aromatic N) is 3. The molecule has 118 valence electrons. The summed E-state index contributed by atoms with van der Waals surface area (Å²) in [5, 5.41) is 3.49. The number of nitrogens with one attached hydrogen (secondary N) is 1. The van der Waals surface area contributed by atoms with Crippen LogP contribution in [-0.2, 0) is 6.54 Å². The first-order valence-corrected chi connectivity index (χ1v) is 8.22. The summed E-state index contributed by atoms with van der Waals surface area (Å²) in [5.41, 5.74) is 2.30. The van der Waals surface area contributed by atoms with Gasteiger partial charge in [-0.3, -0.25) is 0 Å². The second kappa shape index (κ2) is 6.73. The molecule has 1 atom stereocenters. The Morgan fingerprint density at radius 2 is 1.90 bits per heavy atom. The summed E-state index contributed by atoms with van der Waals surface area (Å²) >= 11 is 0. The topological polar surface area (TPSA) is 41.1 Å². The molecule has 1 aromatic heterocycles. The van der Waals surface area contributed by atoms with E-state index in [1.807, 2.05) is 6.20 Å². The highest BCUT2D eigenvalue weighted by molar-refractivity contribution is 5.49. The Bertz CT molecular complexity index is 466. The molecule has 1 aliphatic carbocycles. The average molecular weight is 290 g/mol. The maximum atomic E-state index is 4.81. The Morgan fingerprint density at radius 1 is 1.24 bits per heavy atom. The smallest absolute Gasteiger partial charge is 0.131 e. The quantitative estimate of drug-likeness (QED) is 0.836. The van der Waals surface area contributed by atoms with Crippen molar-refractivity contribution in [3.8, 4) is 0 Å². The van der Waals surface area contributed by atoms with Gasteiger partial charge in [0.15, 0.2) is 0 Å². The minimum Gasteiger partial charge on any atom is -0.369 e. The molecule has 1 heterocycles. The van der Waals surface area contributed by atoms with Gasteiger partial charge < -0.3 is 10.2 Å². The van der Waals surface area contributed by atoms with E-state index in [2.05, 4.69) is 56.9 Å². The second-order valence-electron chi connectivity index (χ2n) is 6.94. The molecule has 1 unspecified atom stereocenters. The van der Waals surface area contributed by atoms with Gasteiger partial charge in [-0.05, 0) is 25.7 Å². The SMILES string of the molecule is CC(C)NCc1nc(C(C)C)ncc1N(C)C(C)C1CC1. The summed E-state index contributed by atoms with van der Waals surface area (Å²) in [6.45, 7) is 11.7. The number of hydrogen-bond donors (Lipinski definition) is 1. The fraction of sp³-hybridized carbons (Fsp3) is 0.765. The Balaban J connectivity index is 2.24. The van der Waals surface area contributed by atoms with Gasteiger partial charge in [0.25, 0.3) is 0 Å². The summed E-state index contributed by atoms with van der Waals surface area (Å²) in [4.78, 5) is 11.7. The van der Waals surface area contributed by atoms with Crippen LogP contribution in [-0.4, -0.2) is 29.1 Å². The zero-order chi connectivity index (χ0) is 15.6. The van der Waals surface area contributed by atoms with Gasteiger partial charge >= 0.3 is 0 Å². The molecule has 1 N–H and O–H groups in total. The zero-order valence-corrected chi connectivity index (χ0v) is 14.3. The van der Waals surface area contributed by atoms with Gasteiger partial charge in [-0.2, -0.15) is 0 Å². The van der Waals surface area contributed by atoms with Gasteiger partial charge in [-0.25, -0.2) is 9.97 Å². The molecule has 1 saturated carbocycles. The molecule has 1 aromatic rings. The van der Waals surface area contributed by atoms with Gasteiger partial charge in [0.2, 0.25) is 0 Å². The number of aromatic nitrogens is 2. The third-order valence-corrected chi connectivity index (χ3v) is 4.35. The standard InChI is InChI=1S/C17H30N4/c1-11(2)17-19-10-16(15(20-17)9-18-12(3)4)21(6)13(5)14-7-8-14/h10-14,18H,7-9H2,1-6H3. The lowest BCUT2D eigenvalue weighted by molar-refractivity contribution is 0.566. The van der Waals surface area contributed by atoms with E-state index in [9.17, 15) is 0 Å². The largest absolute Gasteiger partial charge is 0.369 e. The van der Waals surface area contributed by atoms with E-state index >= 15 is 0 Å². The molecular weight excluding hydrogens is 260 g/mol. The van der Waals surface area contributed by atoms with Crippen molar-refractivity contribution in [3.05, 3.63) is 17.7 Å². The zero-order valence-electron chi connectivity index (χ0n) is 14.3. The fourth-order valence-electron chi connectivity index (χ4n) is 2.54. The first-order chi connectivity index (χ1) is 9.90. The summed E-state index contributed by atoms with van der Waals surface area (Å²) in [6, 6.07) is 1.03. The molecule has 0 aliphatic heterocycles. The summed E-state index contributed by atoms with van der Waals surface area (Å²) < 4.78 is 0. The first kappa shape index (κ1) is 16.2. The molecule has 1 fully saturated rings. The van der Waals surface area contributed by atoms with Crippen molar-refractivity contribution in [1.29, 1.82) is 0 Å². The predicted molar refractivity (Wildman–Crippen MR) is 88.7 cm³/mol. The van der Waals surface area contributed by atoms with Gasteiger partial charge in [-0.1, -0.05) is 27.7 Å². The monoisotopic (exact) mass is 290 g/mol. The molecular formula is C17H30N4. The van der Waals surface area contributed by atoms with Gasteiger partial charge in [0.05, 0.1) is 17.6 Å². The highest BCUT2D eigenvalue weighted by atomic mass is 15.2. The number of hydrogen-bond acceptors (Lipinski definition) is 4. The van der Waals surface area contributed by atoms with Crippen LogP contribution in [0, 0.1) is 5.92 Å². The first-order valence-electron chi connectivity index (χ1n) is 8.22. The Hall–Kier alpha value is -1.16. The van der Waals surface area contributed by atoms with Gasteiger partial charge in [-0.15, -0.1) is 0 Å². The van der Waals surface area contributed by atoms with E-state index in [-0.39, 0.29) is 0 Å². The van der Waals surface area contributed by atoms with Crippen molar-refractivity contribution in [1.82, 2.24) is 15.3 Å². The van der Waals surface area contributed by atoms with E-state index in [1.54, 1.807) is 0 Å². The Morgan fingerprint density at radius 3 is 2.43 bits per heavy atom. The normalized spacial score (nSPS) is 16.6. The summed E-state index contributed by atoms with van der Waals surface area (Å²) in [6.07, 6.45) is 4.73. The molecule has 0 bridgehead atoms. The lowest BCUT2D eigenvalue weighted by Crippen LogP contribution is -2.33. The number of anilines is 1. The van der Waals surface area contributed by atoms with E-state index in [0.717, 1.165) is 24.0 Å². The van der Waals surface area contributed by atoms with Crippen LogP contribution in [0.25, 0.3) is 0 Å². The highest BCUT2D eigenvalue weighted by Crippen LogP contribution is 2.36. The average Bonchev–Trinajstić information content (AvgIpc) is 3.27. The van der Waals surface area contributed by atoms with Crippen LogP contribution in [0.3, 0.4) is 0 Å². The van der Waals surface area contributed by atoms with E-state index in [1.165, 1.54) is 18.5 Å². The minimum atomic E-state index is 0.364. The predicted octanol–water partition coefficient (Wildman–Crippen LogP) is 3.33. The number of rotatable bonds is 7. The lowest BCUT2D eigenvalue weighted by atomic mass is 10.1. The van der Waals surface area contributed by atoms with E-state index in [4.69, 9.17) is 4.98 Å². The Labute approximate surface area is 129 Å². The van der Waals surface area contributed by atoms with Crippen molar-refractivity contribution in [3.63, 3.8) is 0 Å². The van der Waals surface area contributed by atoms with Crippen LogP contribution in [0.2, 0.25) is 0 Å². The molecule has 0 amide bonds. The molecule has 0 spiro atoms. The molecule has 4 heteroatoms. The molecule has 0 saturated heterocycles. The van der Waals surface area contributed by atoms with Crippen LogP contribution in [0.4, 0.5) is 5.69 Å². The third kappa shape index (κ3) is 4.16. The van der Waals surface area contributed by atoms with Crippen LogP contribution in [0.1, 0.15) is 64.9 Å². The van der Waals surface area contributed by atoms with Gasteiger partial charge in [0.1, 0.15) is 5.82 Å². The minimum absolute atomic E-state index is 0.364. The molecule has 4 nitrogen and oxygen atoms in total. The van der Waals surface area contributed by atoms with Crippen molar-refractivity contribution in [2.45, 2.75) is 72.0 Å². The van der Waals surface area contributed by atoms with E-state index < -0.39 is 0 Å². The molecule has 1 aliphatic rings. The van der Waals surface area contributed by atoms with Crippen molar-refractivity contribution < 1.29 is 0 Å². The maximum absolute atomic E-state index is 4.81. The van der Waals surface area contributed by atoms with Crippen LogP contribution < -0.4 is 10.2 Å². The van der Waals surface area contributed by atoms with Crippen molar-refractivity contribution in [2.75, 3.05) is 11.9 Å². The van der Waals surface area contributed by atoms with Crippen LogP contribution in [0.5, 0.6) is 0 Å². The lowest BCUT2D eigenvalue weighted by Gasteiger charge is -2.29. The maximum Gasteiger partial charge on any atom is 0.131 e.